The van der Waals surface area contributed by atoms with Crippen molar-refractivity contribution in [2.24, 2.45) is 0 Å². The number of nitrogens with one attached hydrogen (secondary N) is 2. The first-order valence-corrected chi connectivity index (χ1v) is 8.82. The highest BCUT2D eigenvalue weighted by molar-refractivity contribution is 8.00. The first-order valence-electron chi connectivity index (χ1n) is 7.94. The number of para-hydroxylation sites is 1. The minimum atomic E-state index is 0.0858. The normalized spacial score (nSPS) is 15.6. The Morgan fingerprint density at radius 1 is 1.29 bits per heavy atom. The van der Waals surface area contributed by atoms with Crippen LogP contribution in [0.15, 0.2) is 29.2 Å². The lowest BCUT2D eigenvalue weighted by Gasteiger charge is -2.14. The van der Waals surface area contributed by atoms with Gasteiger partial charge in [-0.1, -0.05) is 38.8 Å². The van der Waals surface area contributed by atoms with Gasteiger partial charge in [-0.25, -0.2) is 0 Å². The first-order chi connectivity index (χ1) is 10.1. The summed E-state index contributed by atoms with van der Waals surface area (Å²) in [7, 11) is 0. The molecule has 116 valence electrons. The van der Waals surface area contributed by atoms with Gasteiger partial charge in [-0.2, -0.15) is 0 Å². The van der Waals surface area contributed by atoms with Gasteiger partial charge >= 0.3 is 0 Å². The van der Waals surface area contributed by atoms with Crippen molar-refractivity contribution in [3.05, 3.63) is 24.3 Å². The van der Waals surface area contributed by atoms with E-state index in [0.29, 0.717) is 17.7 Å². The van der Waals surface area contributed by atoms with Gasteiger partial charge in [0.15, 0.2) is 0 Å². The van der Waals surface area contributed by atoms with E-state index in [-0.39, 0.29) is 5.91 Å². The topological polar surface area (TPSA) is 41.1 Å². The highest BCUT2D eigenvalue weighted by atomic mass is 32.2. The summed E-state index contributed by atoms with van der Waals surface area (Å²) in [6.07, 6.45) is 5.79. The molecule has 4 heteroatoms. The number of thioether (sulfide) groups is 1. The quantitative estimate of drug-likeness (QED) is 0.798. The van der Waals surface area contributed by atoms with Crippen LogP contribution in [0.5, 0.6) is 0 Å². The van der Waals surface area contributed by atoms with Crippen molar-refractivity contribution >= 4 is 23.4 Å². The molecule has 0 radical (unpaired) electrons. The lowest BCUT2D eigenvalue weighted by Crippen LogP contribution is -2.27. The first kappa shape index (κ1) is 16.4. The molecular formula is C17H26N2OS. The zero-order chi connectivity index (χ0) is 15.1. The van der Waals surface area contributed by atoms with E-state index in [2.05, 4.69) is 30.5 Å². The summed E-state index contributed by atoms with van der Waals surface area (Å²) in [6, 6.07) is 8.58. The molecule has 0 unspecified atom stereocenters. The second-order valence-electron chi connectivity index (χ2n) is 5.93. The molecule has 0 saturated heterocycles. The van der Waals surface area contributed by atoms with Crippen molar-refractivity contribution in [1.29, 1.82) is 0 Å². The van der Waals surface area contributed by atoms with Gasteiger partial charge in [-0.05, 0) is 25.0 Å². The summed E-state index contributed by atoms with van der Waals surface area (Å²) >= 11 is 1.92. The van der Waals surface area contributed by atoms with Crippen LogP contribution < -0.4 is 10.6 Å². The Labute approximate surface area is 132 Å². The minimum absolute atomic E-state index is 0.0858. The van der Waals surface area contributed by atoms with E-state index in [1.165, 1.54) is 30.6 Å². The fraction of sp³-hybridized carbons (Fsp3) is 0.588. The highest BCUT2D eigenvalue weighted by Gasteiger charge is 2.18. The van der Waals surface area contributed by atoms with E-state index in [1.807, 2.05) is 30.0 Å². The summed E-state index contributed by atoms with van der Waals surface area (Å²) in [4.78, 5) is 13.2. The maximum absolute atomic E-state index is 12.0. The van der Waals surface area contributed by atoms with Crippen LogP contribution in [0.4, 0.5) is 5.69 Å². The van der Waals surface area contributed by atoms with Crippen molar-refractivity contribution in [2.75, 3.05) is 11.9 Å². The number of hydrogen-bond donors (Lipinski definition) is 2. The molecular weight excluding hydrogens is 280 g/mol. The molecule has 0 aliphatic heterocycles. The second-order valence-corrected chi connectivity index (χ2v) is 7.27. The third kappa shape index (κ3) is 5.71. The van der Waals surface area contributed by atoms with Gasteiger partial charge in [0, 0.05) is 29.2 Å². The summed E-state index contributed by atoms with van der Waals surface area (Å²) < 4.78 is 0. The maximum Gasteiger partial charge on any atom is 0.225 e. The Hall–Kier alpha value is -1.00. The van der Waals surface area contributed by atoms with Crippen LogP contribution in [0.1, 0.15) is 46.0 Å². The number of carbonyl (C=O) groups excluding carboxylic acids is 1. The summed E-state index contributed by atoms with van der Waals surface area (Å²) in [6.45, 7) is 4.90. The molecule has 1 amide bonds. The standard InChI is InChI=1S/C17H26N2OS/c1-13(2)18-12-11-17(20)19-15-9-5-6-10-16(15)21-14-7-3-4-8-14/h5-6,9-10,13-14,18H,3-4,7-8,11-12H2,1-2H3,(H,19,20). The average molecular weight is 306 g/mol. The second kappa shape index (κ2) is 8.44. The van der Waals surface area contributed by atoms with E-state index in [4.69, 9.17) is 0 Å². The third-order valence-electron chi connectivity index (χ3n) is 3.66. The van der Waals surface area contributed by atoms with Crippen molar-refractivity contribution in [3.8, 4) is 0 Å². The maximum atomic E-state index is 12.0. The number of hydrogen-bond acceptors (Lipinski definition) is 3. The van der Waals surface area contributed by atoms with Crippen LogP contribution in [0.2, 0.25) is 0 Å². The molecule has 1 aliphatic rings. The molecule has 1 aromatic rings. The molecule has 0 spiro atoms. The fourth-order valence-electron chi connectivity index (χ4n) is 2.55. The van der Waals surface area contributed by atoms with E-state index in [0.717, 1.165) is 12.2 Å². The Kier molecular flexibility index (Phi) is 6.58. The Bertz CT molecular complexity index is 456. The van der Waals surface area contributed by atoms with Gasteiger partial charge in [-0.15, -0.1) is 11.8 Å². The van der Waals surface area contributed by atoms with Crippen LogP contribution in [0.25, 0.3) is 0 Å². The summed E-state index contributed by atoms with van der Waals surface area (Å²) in [5.41, 5.74) is 0.962. The summed E-state index contributed by atoms with van der Waals surface area (Å²) in [5.74, 6) is 0.0858. The molecule has 2 N–H and O–H groups in total. The lowest BCUT2D eigenvalue weighted by atomic mass is 10.3. The molecule has 2 rings (SSSR count). The zero-order valence-electron chi connectivity index (χ0n) is 13.0. The molecule has 21 heavy (non-hydrogen) atoms. The van der Waals surface area contributed by atoms with Gasteiger partial charge in [0.2, 0.25) is 5.91 Å². The number of benzene rings is 1. The minimum Gasteiger partial charge on any atom is -0.325 e. The smallest absolute Gasteiger partial charge is 0.225 e. The fourth-order valence-corrected chi connectivity index (χ4v) is 3.88. The van der Waals surface area contributed by atoms with Gasteiger partial charge in [-0.3, -0.25) is 4.79 Å². The Balaban J connectivity index is 1.88. The van der Waals surface area contributed by atoms with E-state index in [1.54, 1.807) is 0 Å². The molecule has 0 bridgehead atoms. The van der Waals surface area contributed by atoms with Crippen LogP contribution in [-0.4, -0.2) is 23.7 Å². The van der Waals surface area contributed by atoms with Crippen molar-refractivity contribution < 1.29 is 4.79 Å². The van der Waals surface area contributed by atoms with Crippen LogP contribution in [0, 0.1) is 0 Å². The molecule has 1 saturated carbocycles. The van der Waals surface area contributed by atoms with E-state index < -0.39 is 0 Å². The van der Waals surface area contributed by atoms with Crippen LogP contribution >= 0.6 is 11.8 Å². The van der Waals surface area contributed by atoms with Gasteiger partial charge in [0.25, 0.3) is 0 Å². The number of anilines is 1. The highest BCUT2D eigenvalue weighted by Crippen LogP contribution is 2.37. The molecule has 3 nitrogen and oxygen atoms in total. The number of amides is 1. The van der Waals surface area contributed by atoms with Crippen molar-refractivity contribution in [2.45, 2.75) is 62.1 Å². The zero-order valence-corrected chi connectivity index (χ0v) is 13.8. The third-order valence-corrected chi connectivity index (χ3v) is 5.08. The number of carbonyl (C=O) groups is 1. The van der Waals surface area contributed by atoms with E-state index in [9.17, 15) is 4.79 Å². The lowest BCUT2D eigenvalue weighted by molar-refractivity contribution is -0.116. The molecule has 0 aromatic heterocycles. The number of rotatable bonds is 7. The summed E-state index contributed by atoms with van der Waals surface area (Å²) in [5, 5.41) is 7.04. The van der Waals surface area contributed by atoms with Gasteiger partial charge in [0.1, 0.15) is 0 Å². The largest absolute Gasteiger partial charge is 0.325 e. The van der Waals surface area contributed by atoms with Crippen molar-refractivity contribution in [1.82, 2.24) is 5.32 Å². The molecule has 0 heterocycles. The SMILES string of the molecule is CC(C)NCCC(=O)Nc1ccccc1SC1CCCC1. The average Bonchev–Trinajstić information content (AvgIpc) is 2.93. The molecule has 1 aromatic carbocycles. The monoisotopic (exact) mass is 306 g/mol. The predicted molar refractivity (Wildman–Crippen MR) is 90.9 cm³/mol. The van der Waals surface area contributed by atoms with Crippen LogP contribution in [0.3, 0.4) is 0 Å². The molecule has 1 fully saturated rings. The van der Waals surface area contributed by atoms with Gasteiger partial charge < -0.3 is 10.6 Å². The predicted octanol–water partition coefficient (Wildman–Crippen LogP) is 4.05. The molecule has 1 aliphatic carbocycles. The Morgan fingerprint density at radius 3 is 2.71 bits per heavy atom. The van der Waals surface area contributed by atoms with Crippen molar-refractivity contribution in [3.63, 3.8) is 0 Å². The van der Waals surface area contributed by atoms with Crippen LogP contribution in [-0.2, 0) is 4.79 Å². The van der Waals surface area contributed by atoms with E-state index >= 15 is 0 Å². The molecule has 0 atom stereocenters. The Morgan fingerprint density at radius 2 is 2.00 bits per heavy atom. The van der Waals surface area contributed by atoms with Gasteiger partial charge in [0.05, 0.1) is 5.69 Å².